The van der Waals surface area contributed by atoms with Crippen LogP contribution in [0.4, 0.5) is 10.5 Å². The monoisotopic (exact) mass is 311 g/mol. The van der Waals surface area contributed by atoms with Crippen molar-refractivity contribution in [2.45, 2.75) is 19.9 Å². The van der Waals surface area contributed by atoms with Crippen molar-refractivity contribution in [3.05, 3.63) is 23.2 Å². The molecule has 0 bridgehead atoms. The molecule has 1 saturated heterocycles. The number of methoxy groups -OCH3 is 1. The predicted molar refractivity (Wildman–Crippen MR) is 85.5 cm³/mol. The van der Waals surface area contributed by atoms with Gasteiger partial charge in [0.1, 0.15) is 5.75 Å². The molecule has 1 heterocycles. The molecule has 0 unspecified atom stereocenters. The molecule has 0 radical (unpaired) electrons. The summed E-state index contributed by atoms with van der Waals surface area (Å²) < 4.78 is 5.16. The van der Waals surface area contributed by atoms with Gasteiger partial charge in [0.2, 0.25) is 0 Å². The number of anilines is 1. The third-order valence-electron chi connectivity index (χ3n) is 3.48. The summed E-state index contributed by atoms with van der Waals surface area (Å²) in [5.41, 5.74) is 1.06. The molecule has 1 aliphatic rings. The zero-order valence-corrected chi connectivity index (χ0v) is 13.5. The van der Waals surface area contributed by atoms with Gasteiger partial charge in [-0.15, -0.1) is 0 Å². The first kappa shape index (κ1) is 15.8. The molecule has 1 aliphatic heterocycles. The molecule has 0 saturated carbocycles. The van der Waals surface area contributed by atoms with Gasteiger partial charge in [-0.3, -0.25) is 0 Å². The fourth-order valence-electron chi connectivity index (χ4n) is 2.36. The van der Waals surface area contributed by atoms with E-state index < -0.39 is 0 Å². The first-order valence-electron chi connectivity index (χ1n) is 7.15. The summed E-state index contributed by atoms with van der Waals surface area (Å²) in [6.45, 7) is 6.95. The fraction of sp³-hybridized carbons (Fsp3) is 0.533. The lowest BCUT2D eigenvalue weighted by molar-refractivity contribution is 0.192. The summed E-state index contributed by atoms with van der Waals surface area (Å²) in [5, 5.41) is 3.53. The summed E-state index contributed by atoms with van der Waals surface area (Å²) in [6.07, 6.45) is 0. The van der Waals surface area contributed by atoms with Gasteiger partial charge in [0.05, 0.1) is 12.1 Å². The average molecular weight is 312 g/mol. The van der Waals surface area contributed by atoms with Gasteiger partial charge < -0.3 is 19.9 Å². The number of halogens is 1. The van der Waals surface area contributed by atoms with Crippen LogP contribution in [0.15, 0.2) is 18.2 Å². The number of rotatable bonds is 3. The summed E-state index contributed by atoms with van der Waals surface area (Å²) in [4.78, 5) is 16.0. The van der Waals surface area contributed by atoms with E-state index in [4.69, 9.17) is 16.3 Å². The van der Waals surface area contributed by atoms with Crippen LogP contribution in [0.25, 0.3) is 0 Å². The highest BCUT2D eigenvalue weighted by Gasteiger charge is 2.21. The molecule has 0 atom stereocenters. The summed E-state index contributed by atoms with van der Waals surface area (Å²) in [7, 11) is 1.60. The summed E-state index contributed by atoms with van der Waals surface area (Å²) >= 11 is 6.16. The zero-order valence-electron chi connectivity index (χ0n) is 12.7. The fourth-order valence-corrected chi connectivity index (χ4v) is 2.61. The second-order valence-electron chi connectivity index (χ2n) is 5.40. The number of hydrogen-bond donors (Lipinski definition) is 1. The Labute approximate surface area is 130 Å². The van der Waals surface area contributed by atoms with Gasteiger partial charge >= 0.3 is 6.03 Å². The molecule has 2 amide bonds. The molecule has 0 spiro atoms. The highest BCUT2D eigenvalue weighted by Crippen LogP contribution is 2.29. The summed E-state index contributed by atoms with van der Waals surface area (Å²) in [6, 6.07) is 5.95. The van der Waals surface area contributed by atoms with Crippen LogP contribution in [-0.2, 0) is 0 Å². The second-order valence-corrected chi connectivity index (χ2v) is 5.80. The Morgan fingerprint density at radius 1 is 1.29 bits per heavy atom. The molecule has 116 valence electrons. The molecule has 5 nitrogen and oxygen atoms in total. The van der Waals surface area contributed by atoms with E-state index in [0.717, 1.165) is 18.8 Å². The lowest BCUT2D eigenvalue weighted by Crippen LogP contribution is -2.52. The van der Waals surface area contributed by atoms with Gasteiger partial charge in [0.15, 0.2) is 0 Å². The van der Waals surface area contributed by atoms with E-state index in [-0.39, 0.29) is 12.1 Å². The smallest absolute Gasteiger partial charge is 0.317 e. The molecule has 0 aromatic heterocycles. The van der Waals surface area contributed by atoms with Crippen LogP contribution in [0, 0.1) is 0 Å². The average Bonchev–Trinajstić information content (AvgIpc) is 2.46. The molecule has 1 aromatic carbocycles. The molecule has 1 fully saturated rings. The quantitative estimate of drug-likeness (QED) is 0.933. The van der Waals surface area contributed by atoms with E-state index in [2.05, 4.69) is 10.2 Å². The van der Waals surface area contributed by atoms with Crippen molar-refractivity contribution in [2.75, 3.05) is 38.2 Å². The highest BCUT2D eigenvalue weighted by molar-refractivity contribution is 6.32. The standard InChI is InChI=1S/C15H22ClN3O2/c1-11(2)17-15(20)19-8-6-18(7-9-19)12-4-5-14(21-3)13(16)10-12/h4-5,10-11H,6-9H2,1-3H3,(H,17,20). The Morgan fingerprint density at radius 2 is 1.95 bits per heavy atom. The molecule has 1 aromatic rings. The van der Waals surface area contributed by atoms with E-state index in [1.165, 1.54) is 0 Å². The minimum absolute atomic E-state index is 0.0115. The van der Waals surface area contributed by atoms with Crippen LogP contribution in [-0.4, -0.2) is 50.3 Å². The molecule has 1 N–H and O–H groups in total. The van der Waals surface area contributed by atoms with Crippen molar-refractivity contribution in [3.63, 3.8) is 0 Å². The maximum atomic E-state index is 11.9. The second kappa shape index (κ2) is 6.89. The number of piperazine rings is 1. The predicted octanol–water partition coefficient (Wildman–Crippen LogP) is 2.59. The largest absolute Gasteiger partial charge is 0.495 e. The minimum atomic E-state index is 0.0115. The number of benzene rings is 1. The van der Waals surface area contributed by atoms with Crippen molar-refractivity contribution in [1.29, 1.82) is 0 Å². The van der Waals surface area contributed by atoms with Gasteiger partial charge in [0.25, 0.3) is 0 Å². The Balaban J connectivity index is 1.95. The molecule has 0 aliphatic carbocycles. The van der Waals surface area contributed by atoms with Crippen LogP contribution < -0.4 is 15.0 Å². The number of nitrogens with zero attached hydrogens (tertiary/aromatic N) is 2. The van der Waals surface area contributed by atoms with Crippen molar-refractivity contribution >= 4 is 23.3 Å². The first-order chi connectivity index (χ1) is 10.0. The Morgan fingerprint density at radius 3 is 2.48 bits per heavy atom. The summed E-state index contributed by atoms with van der Waals surface area (Å²) in [5.74, 6) is 0.676. The number of nitrogens with one attached hydrogen (secondary N) is 1. The maximum Gasteiger partial charge on any atom is 0.317 e. The molecule has 21 heavy (non-hydrogen) atoms. The number of hydrogen-bond acceptors (Lipinski definition) is 3. The van der Waals surface area contributed by atoms with Crippen LogP contribution in [0.2, 0.25) is 5.02 Å². The van der Waals surface area contributed by atoms with E-state index in [1.807, 2.05) is 36.9 Å². The zero-order chi connectivity index (χ0) is 15.4. The van der Waals surface area contributed by atoms with Crippen molar-refractivity contribution < 1.29 is 9.53 Å². The SMILES string of the molecule is COc1ccc(N2CCN(C(=O)NC(C)C)CC2)cc1Cl. The minimum Gasteiger partial charge on any atom is -0.495 e. The van der Waals surface area contributed by atoms with Crippen molar-refractivity contribution in [3.8, 4) is 5.75 Å². The van der Waals surface area contributed by atoms with E-state index in [1.54, 1.807) is 7.11 Å². The lowest BCUT2D eigenvalue weighted by atomic mass is 10.2. The highest BCUT2D eigenvalue weighted by atomic mass is 35.5. The molecular formula is C15H22ClN3O2. The Kier molecular flexibility index (Phi) is 5.17. The van der Waals surface area contributed by atoms with Crippen LogP contribution in [0.3, 0.4) is 0 Å². The van der Waals surface area contributed by atoms with Crippen LogP contribution in [0.5, 0.6) is 5.75 Å². The third kappa shape index (κ3) is 3.94. The van der Waals surface area contributed by atoms with Gasteiger partial charge in [-0.1, -0.05) is 11.6 Å². The Bertz CT molecular complexity index is 500. The van der Waals surface area contributed by atoms with Gasteiger partial charge in [-0.2, -0.15) is 0 Å². The van der Waals surface area contributed by atoms with E-state index >= 15 is 0 Å². The molecule has 6 heteroatoms. The number of ether oxygens (including phenoxy) is 1. The molecular weight excluding hydrogens is 290 g/mol. The third-order valence-corrected chi connectivity index (χ3v) is 3.77. The van der Waals surface area contributed by atoms with Crippen molar-refractivity contribution in [2.24, 2.45) is 0 Å². The topological polar surface area (TPSA) is 44.8 Å². The lowest BCUT2D eigenvalue weighted by Gasteiger charge is -2.36. The first-order valence-corrected chi connectivity index (χ1v) is 7.53. The van der Waals surface area contributed by atoms with E-state index in [9.17, 15) is 4.79 Å². The van der Waals surface area contributed by atoms with Gasteiger partial charge in [-0.05, 0) is 32.0 Å². The number of amides is 2. The number of carbonyl (C=O) groups is 1. The van der Waals surface area contributed by atoms with Crippen LogP contribution >= 0.6 is 11.6 Å². The van der Waals surface area contributed by atoms with Gasteiger partial charge in [0, 0.05) is 37.9 Å². The van der Waals surface area contributed by atoms with E-state index in [0.29, 0.717) is 23.9 Å². The number of urea groups is 1. The van der Waals surface area contributed by atoms with Crippen LogP contribution in [0.1, 0.15) is 13.8 Å². The van der Waals surface area contributed by atoms with Crippen molar-refractivity contribution in [1.82, 2.24) is 10.2 Å². The molecule has 2 rings (SSSR count). The van der Waals surface area contributed by atoms with Gasteiger partial charge in [-0.25, -0.2) is 4.79 Å². The normalized spacial score (nSPS) is 15.3. The maximum absolute atomic E-state index is 11.9. The number of carbonyl (C=O) groups excluding carboxylic acids is 1. The Hall–Kier alpha value is -1.62.